The summed E-state index contributed by atoms with van der Waals surface area (Å²) in [6, 6.07) is 16.7. The molecule has 2 heterocycles. The van der Waals surface area contributed by atoms with Gasteiger partial charge in [-0.3, -0.25) is 4.90 Å². The maximum atomic E-state index is 12.9. The van der Waals surface area contributed by atoms with E-state index in [4.69, 9.17) is 23.7 Å². The highest BCUT2D eigenvalue weighted by Crippen LogP contribution is 2.36. The molecule has 0 aliphatic carbocycles. The number of β-amino-alcohol motifs (C(OH)–C–C–N with tert-alkyl or cyclic N) is 1. The molecule has 2 aliphatic heterocycles. The third kappa shape index (κ3) is 5.70. The molecule has 4 rings (SSSR count). The number of hydrogen-bond acceptors (Lipinski definition) is 7. The van der Waals surface area contributed by atoms with Crippen molar-refractivity contribution in [2.75, 3.05) is 20.3 Å². The third-order valence-corrected chi connectivity index (χ3v) is 5.87. The maximum absolute atomic E-state index is 12.9. The van der Waals surface area contributed by atoms with Crippen LogP contribution in [0.2, 0.25) is 0 Å². The lowest BCUT2D eigenvalue weighted by Crippen LogP contribution is -2.67. The van der Waals surface area contributed by atoms with E-state index in [2.05, 4.69) is 0 Å². The molecule has 0 bridgehead atoms. The van der Waals surface area contributed by atoms with Crippen molar-refractivity contribution in [1.29, 1.82) is 0 Å². The fourth-order valence-corrected chi connectivity index (χ4v) is 4.22. The van der Waals surface area contributed by atoms with Crippen LogP contribution in [0.15, 0.2) is 54.6 Å². The Morgan fingerprint density at radius 2 is 1.82 bits per heavy atom. The average molecular weight is 472 g/mol. The number of amides is 1. The molecular weight excluding hydrogens is 438 g/mol. The monoisotopic (exact) mass is 471 g/mol. The highest BCUT2D eigenvalue weighted by molar-refractivity contribution is 5.69. The summed E-state index contributed by atoms with van der Waals surface area (Å²) in [4.78, 5) is 14.4. The van der Waals surface area contributed by atoms with Crippen LogP contribution < -0.4 is 4.74 Å². The molecule has 2 aromatic carbocycles. The minimum absolute atomic E-state index is 0.0649. The van der Waals surface area contributed by atoms with E-state index in [1.165, 1.54) is 4.90 Å². The molecule has 8 heteroatoms. The highest BCUT2D eigenvalue weighted by atomic mass is 16.7. The van der Waals surface area contributed by atoms with E-state index in [1.807, 2.05) is 75.4 Å². The predicted molar refractivity (Wildman–Crippen MR) is 124 cm³/mol. The summed E-state index contributed by atoms with van der Waals surface area (Å²) in [6.45, 7) is 6.02. The van der Waals surface area contributed by atoms with Crippen LogP contribution >= 0.6 is 0 Å². The first-order chi connectivity index (χ1) is 16.2. The molecule has 1 unspecified atom stereocenters. The van der Waals surface area contributed by atoms with Crippen molar-refractivity contribution in [3.8, 4) is 5.75 Å². The first-order valence-corrected chi connectivity index (χ1v) is 11.5. The standard InChI is InChI=1S/C26H33NO7/c1-26(2,3)34-25(29)27-14-21(28)23(31-15-17-8-6-5-7-9-17)22-20(27)16-32-24(33-22)18-10-12-19(30-4)13-11-18/h5-13,20-24,28H,14-16H2,1-4H3/t20-,21+,22-,23-,24?/m1/s1. The predicted octanol–water partition coefficient (Wildman–Crippen LogP) is 3.67. The van der Waals surface area contributed by atoms with Crippen molar-refractivity contribution < 1.29 is 33.6 Å². The minimum atomic E-state index is -0.952. The molecule has 2 aliphatic rings. The molecule has 0 saturated carbocycles. The van der Waals surface area contributed by atoms with Crippen molar-refractivity contribution in [3.63, 3.8) is 0 Å². The normalized spacial score (nSPS) is 27.1. The quantitative estimate of drug-likeness (QED) is 0.712. The van der Waals surface area contributed by atoms with Gasteiger partial charge in [0.2, 0.25) is 0 Å². The lowest BCUT2D eigenvalue weighted by atomic mass is 9.93. The van der Waals surface area contributed by atoms with Crippen molar-refractivity contribution in [2.24, 2.45) is 0 Å². The van der Waals surface area contributed by atoms with Crippen LogP contribution in [0.25, 0.3) is 0 Å². The van der Waals surface area contributed by atoms with Gasteiger partial charge in [0.1, 0.15) is 29.7 Å². The number of piperidine rings is 1. The number of hydrogen-bond donors (Lipinski definition) is 1. The van der Waals surface area contributed by atoms with Gasteiger partial charge in [0, 0.05) is 5.56 Å². The number of carbonyl (C=O) groups excluding carboxylic acids is 1. The zero-order chi connectivity index (χ0) is 24.3. The molecule has 2 saturated heterocycles. The van der Waals surface area contributed by atoms with E-state index in [9.17, 15) is 9.90 Å². The molecule has 34 heavy (non-hydrogen) atoms. The van der Waals surface area contributed by atoms with E-state index in [1.54, 1.807) is 7.11 Å². The zero-order valence-corrected chi connectivity index (χ0v) is 20.0. The Morgan fingerprint density at radius 3 is 2.47 bits per heavy atom. The van der Waals surface area contributed by atoms with Gasteiger partial charge in [0.05, 0.1) is 32.9 Å². The van der Waals surface area contributed by atoms with Gasteiger partial charge in [-0.2, -0.15) is 0 Å². The van der Waals surface area contributed by atoms with Crippen molar-refractivity contribution in [3.05, 3.63) is 65.7 Å². The Kier molecular flexibility index (Phi) is 7.42. The number of methoxy groups -OCH3 is 1. The summed E-state index contributed by atoms with van der Waals surface area (Å²) in [5.41, 5.74) is 1.13. The van der Waals surface area contributed by atoms with Gasteiger partial charge in [-0.05, 0) is 38.5 Å². The summed E-state index contributed by atoms with van der Waals surface area (Å²) in [5.74, 6) is 0.727. The van der Waals surface area contributed by atoms with Crippen LogP contribution in [0, 0.1) is 0 Å². The Balaban J connectivity index is 1.56. The Labute approximate surface area is 200 Å². The van der Waals surface area contributed by atoms with Gasteiger partial charge in [-0.25, -0.2) is 4.79 Å². The second-order valence-corrected chi connectivity index (χ2v) is 9.57. The van der Waals surface area contributed by atoms with Gasteiger partial charge in [-0.1, -0.05) is 42.5 Å². The fraction of sp³-hybridized carbons (Fsp3) is 0.500. The SMILES string of the molecule is COc1ccc(C2OC[C@@H]3[C@@H](O2)[C@H](OCc2ccccc2)[C@@H](O)CN3C(=O)OC(C)(C)C)cc1. The van der Waals surface area contributed by atoms with Crippen molar-refractivity contribution in [2.45, 2.75) is 63.6 Å². The Morgan fingerprint density at radius 1 is 1.12 bits per heavy atom. The lowest BCUT2D eigenvalue weighted by molar-refractivity contribution is -0.291. The van der Waals surface area contributed by atoms with Gasteiger partial charge in [-0.15, -0.1) is 0 Å². The largest absolute Gasteiger partial charge is 0.497 e. The van der Waals surface area contributed by atoms with Crippen LogP contribution in [0.1, 0.15) is 38.2 Å². The second kappa shape index (κ2) is 10.3. The minimum Gasteiger partial charge on any atom is -0.497 e. The average Bonchev–Trinajstić information content (AvgIpc) is 2.82. The molecule has 2 aromatic rings. The van der Waals surface area contributed by atoms with E-state index in [-0.39, 0.29) is 13.2 Å². The number of nitrogens with zero attached hydrogens (tertiary/aromatic N) is 1. The number of carbonyl (C=O) groups is 1. The number of ether oxygens (including phenoxy) is 5. The molecule has 2 fully saturated rings. The number of benzene rings is 2. The van der Waals surface area contributed by atoms with E-state index in [0.717, 1.165) is 16.9 Å². The second-order valence-electron chi connectivity index (χ2n) is 9.57. The number of fused-ring (bicyclic) bond motifs is 1. The first kappa shape index (κ1) is 24.5. The number of aliphatic hydroxyl groups is 1. The molecule has 1 amide bonds. The molecule has 0 spiro atoms. The van der Waals surface area contributed by atoms with Crippen LogP contribution in [-0.4, -0.2) is 66.3 Å². The topological polar surface area (TPSA) is 86.7 Å². The first-order valence-electron chi connectivity index (χ1n) is 11.5. The van der Waals surface area contributed by atoms with Crippen molar-refractivity contribution >= 4 is 6.09 Å². The molecule has 0 aromatic heterocycles. The van der Waals surface area contributed by atoms with E-state index < -0.39 is 42.3 Å². The maximum Gasteiger partial charge on any atom is 0.410 e. The van der Waals surface area contributed by atoms with Gasteiger partial charge >= 0.3 is 6.09 Å². The molecule has 1 N–H and O–H groups in total. The summed E-state index contributed by atoms with van der Waals surface area (Å²) in [5, 5.41) is 11.0. The molecule has 0 radical (unpaired) electrons. The molecule has 5 atom stereocenters. The van der Waals surface area contributed by atoms with Gasteiger partial charge < -0.3 is 28.8 Å². The smallest absolute Gasteiger partial charge is 0.410 e. The van der Waals surface area contributed by atoms with E-state index in [0.29, 0.717) is 6.61 Å². The summed E-state index contributed by atoms with van der Waals surface area (Å²) >= 11 is 0. The van der Waals surface area contributed by atoms with Crippen LogP contribution in [0.5, 0.6) is 5.75 Å². The van der Waals surface area contributed by atoms with Crippen molar-refractivity contribution in [1.82, 2.24) is 4.90 Å². The van der Waals surface area contributed by atoms with E-state index >= 15 is 0 Å². The Hall–Kier alpha value is -2.65. The number of rotatable bonds is 5. The van der Waals surface area contributed by atoms with Gasteiger partial charge in [0.15, 0.2) is 6.29 Å². The van der Waals surface area contributed by atoms with Crippen LogP contribution in [0.3, 0.4) is 0 Å². The highest BCUT2D eigenvalue weighted by Gasteiger charge is 2.51. The number of aliphatic hydroxyl groups excluding tert-OH is 1. The third-order valence-electron chi connectivity index (χ3n) is 5.87. The zero-order valence-electron chi connectivity index (χ0n) is 20.0. The van der Waals surface area contributed by atoms with Crippen LogP contribution in [0.4, 0.5) is 4.79 Å². The Bertz CT molecular complexity index is 944. The summed E-state index contributed by atoms with van der Waals surface area (Å²) in [7, 11) is 1.61. The fourth-order valence-electron chi connectivity index (χ4n) is 4.22. The molecule has 184 valence electrons. The van der Waals surface area contributed by atoms with Crippen LogP contribution in [-0.2, 0) is 25.6 Å². The van der Waals surface area contributed by atoms with Gasteiger partial charge in [0.25, 0.3) is 0 Å². The molecular formula is C26H33NO7. The number of likely N-dealkylation sites (tertiary alicyclic amines) is 1. The summed E-state index contributed by atoms with van der Waals surface area (Å²) in [6.07, 6.45) is -3.39. The molecule has 8 nitrogen and oxygen atoms in total. The lowest BCUT2D eigenvalue weighted by Gasteiger charge is -2.50. The summed E-state index contributed by atoms with van der Waals surface area (Å²) < 4.78 is 29.3.